The van der Waals surface area contributed by atoms with Crippen LogP contribution in [0.2, 0.25) is 0 Å². The van der Waals surface area contributed by atoms with Gasteiger partial charge in [-0.3, -0.25) is 24.2 Å². The molecular weight excluding hydrogens is 853 g/mol. The maximum Gasteiger partial charge on any atom is 0.407 e. The molecule has 4 aromatic rings. The molecule has 0 aliphatic carbocycles. The molecule has 4 N–H and O–H groups in total. The number of methoxy groups -OCH3 is 2. The van der Waals surface area contributed by atoms with Crippen molar-refractivity contribution in [2.45, 2.75) is 102 Å². The molecule has 1 aromatic heterocycles. The Morgan fingerprint density at radius 2 is 1.03 bits per heavy atom. The van der Waals surface area contributed by atoms with E-state index in [1.54, 1.807) is 16.0 Å². The number of carbonyl (C=O) groups excluding carboxylic acids is 6. The molecule has 16 heteroatoms. The summed E-state index contributed by atoms with van der Waals surface area (Å²) in [6.45, 7) is 8.18. The van der Waals surface area contributed by atoms with Crippen LogP contribution in [0, 0.1) is 11.8 Å². The van der Waals surface area contributed by atoms with E-state index in [0.29, 0.717) is 50.1 Å². The molecule has 354 valence electrons. The lowest BCUT2D eigenvalue weighted by molar-refractivity contribution is -0.139. The molecule has 0 spiro atoms. The van der Waals surface area contributed by atoms with E-state index in [4.69, 9.17) is 9.47 Å². The number of amides is 6. The summed E-state index contributed by atoms with van der Waals surface area (Å²) in [5, 5.41) is 11.3. The topological polar surface area (TPSA) is 192 Å². The van der Waals surface area contributed by atoms with Crippen molar-refractivity contribution in [1.82, 2.24) is 25.4 Å². The van der Waals surface area contributed by atoms with Gasteiger partial charge in [-0.1, -0.05) is 70.2 Å². The average Bonchev–Trinajstić information content (AvgIpc) is 4.14. The first-order chi connectivity index (χ1) is 32.3. The van der Waals surface area contributed by atoms with Crippen molar-refractivity contribution in [3.8, 4) is 11.1 Å². The van der Waals surface area contributed by atoms with Crippen molar-refractivity contribution in [3.63, 3.8) is 0 Å². The van der Waals surface area contributed by atoms with E-state index in [0.717, 1.165) is 40.8 Å². The summed E-state index contributed by atoms with van der Waals surface area (Å²) >= 11 is 0. The van der Waals surface area contributed by atoms with Gasteiger partial charge in [0.15, 0.2) is 0 Å². The van der Waals surface area contributed by atoms with Gasteiger partial charge in [-0.05, 0) is 115 Å². The zero-order valence-electron chi connectivity index (χ0n) is 39.1. The highest BCUT2D eigenvalue weighted by Crippen LogP contribution is 2.47. The second-order valence-electron chi connectivity index (χ2n) is 18.1. The molecule has 16 nitrogen and oxygen atoms in total. The van der Waals surface area contributed by atoms with Crippen molar-refractivity contribution >= 4 is 52.9 Å². The molecule has 3 aliphatic heterocycles. The van der Waals surface area contributed by atoms with Crippen molar-refractivity contribution in [3.05, 3.63) is 108 Å². The highest BCUT2D eigenvalue weighted by Gasteiger charge is 2.41. The van der Waals surface area contributed by atoms with Crippen LogP contribution < -0.4 is 26.2 Å². The monoisotopic (exact) mass is 914 g/mol. The number of alkyl carbamates (subject to hydrolysis) is 2. The van der Waals surface area contributed by atoms with Crippen LogP contribution in [0.1, 0.15) is 89.4 Å². The molecule has 3 fully saturated rings. The Morgan fingerprint density at radius 1 is 0.582 bits per heavy atom. The van der Waals surface area contributed by atoms with Gasteiger partial charge in [-0.25, -0.2) is 9.59 Å². The molecule has 0 radical (unpaired) electrons. The van der Waals surface area contributed by atoms with Crippen molar-refractivity contribution in [1.29, 1.82) is 0 Å². The molecule has 3 aromatic carbocycles. The van der Waals surface area contributed by atoms with Gasteiger partial charge in [0.1, 0.15) is 24.2 Å². The quantitative estimate of drug-likeness (QED) is 0.0988. The first kappa shape index (κ1) is 48.0. The molecular formula is C51H62N8O8. The van der Waals surface area contributed by atoms with Gasteiger partial charge in [-0.2, -0.15) is 0 Å². The molecule has 7 rings (SSSR count). The molecule has 4 heterocycles. The Labute approximate surface area is 392 Å². The summed E-state index contributed by atoms with van der Waals surface area (Å²) in [6.07, 6.45) is 6.28. The van der Waals surface area contributed by atoms with Gasteiger partial charge in [0.25, 0.3) is 0 Å². The van der Waals surface area contributed by atoms with E-state index in [2.05, 4.69) is 55.4 Å². The lowest BCUT2D eigenvalue weighted by Gasteiger charge is -2.34. The Kier molecular flexibility index (Phi) is 15.4. The van der Waals surface area contributed by atoms with Crippen LogP contribution in [0.15, 0.2) is 97.3 Å². The Balaban J connectivity index is 1.07. The smallest absolute Gasteiger partial charge is 0.407 e. The minimum atomic E-state index is -0.821. The lowest BCUT2D eigenvalue weighted by Crippen LogP contribution is -2.54. The molecule has 67 heavy (non-hydrogen) atoms. The highest BCUT2D eigenvalue weighted by molar-refractivity contribution is 5.99. The summed E-state index contributed by atoms with van der Waals surface area (Å²) < 4.78 is 9.49. The minimum absolute atomic E-state index is 0.00850. The Hall–Kier alpha value is -6.97. The number of aromatic nitrogens is 1. The first-order valence-electron chi connectivity index (χ1n) is 23.2. The average molecular weight is 915 g/mol. The number of rotatable bonds is 14. The molecule has 6 atom stereocenters. The summed E-state index contributed by atoms with van der Waals surface area (Å²) in [5.41, 5.74) is 6.48. The molecule has 3 aliphatic rings. The van der Waals surface area contributed by atoms with Gasteiger partial charge in [0.05, 0.1) is 26.3 Å². The number of anilines is 3. The zero-order chi connectivity index (χ0) is 47.8. The molecule has 3 saturated heterocycles. The molecule has 0 saturated carbocycles. The van der Waals surface area contributed by atoms with E-state index < -0.39 is 36.4 Å². The van der Waals surface area contributed by atoms with E-state index in [9.17, 15) is 28.8 Å². The van der Waals surface area contributed by atoms with Gasteiger partial charge in [0.2, 0.25) is 23.6 Å². The number of hydrogen-bond acceptors (Lipinski definition) is 10. The number of likely N-dealkylation sites (tertiary alicyclic amines) is 2. The lowest BCUT2D eigenvalue weighted by atomic mass is 10.0. The van der Waals surface area contributed by atoms with Crippen molar-refractivity contribution < 1.29 is 38.2 Å². The Morgan fingerprint density at radius 3 is 1.42 bits per heavy atom. The fourth-order valence-electron chi connectivity index (χ4n) is 9.58. The minimum Gasteiger partial charge on any atom is -0.453 e. The number of nitrogens with one attached hydrogen (secondary N) is 4. The van der Waals surface area contributed by atoms with Gasteiger partial charge in [0, 0.05) is 42.5 Å². The van der Waals surface area contributed by atoms with Crippen LogP contribution in [-0.4, -0.2) is 102 Å². The number of pyridine rings is 1. The van der Waals surface area contributed by atoms with Crippen LogP contribution in [0.3, 0.4) is 0 Å². The number of benzene rings is 3. The third kappa shape index (κ3) is 11.0. The number of hydrogen-bond donors (Lipinski definition) is 4. The zero-order valence-corrected chi connectivity index (χ0v) is 39.1. The SMILES string of the molecule is COC(=O)N[C@H](C(=O)N1CCC[C@H]1C(=O)Nc1ccc([C@@H]2CC[C@@H](c3ccc(NC(=O)[C@@H]4CCCN4C(=O)[C@@H](NC(=O)OC)C(C)C)cc3)N2c2ccc(-c3cccnc3)cc2)cc1)C(C)C. The highest BCUT2D eigenvalue weighted by atomic mass is 16.5. The Bertz CT molecular complexity index is 2250. The predicted octanol–water partition coefficient (Wildman–Crippen LogP) is 7.45. The third-order valence-corrected chi connectivity index (χ3v) is 13.1. The fourth-order valence-corrected chi connectivity index (χ4v) is 9.58. The second kappa shape index (κ2) is 21.6. The fraction of sp³-hybridized carbons (Fsp3) is 0.431. The van der Waals surface area contributed by atoms with Crippen molar-refractivity contribution in [2.24, 2.45) is 11.8 Å². The van der Waals surface area contributed by atoms with Gasteiger partial charge >= 0.3 is 12.2 Å². The van der Waals surface area contributed by atoms with Crippen molar-refractivity contribution in [2.75, 3.05) is 42.8 Å². The maximum atomic E-state index is 13.7. The normalized spacial score (nSPS) is 20.0. The number of nitrogens with zero attached hydrogens (tertiary/aromatic N) is 4. The summed E-state index contributed by atoms with van der Waals surface area (Å²) in [6, 6.07) is 25.2. The molecule has 0 unspecified atom stereocenters. The van der Waals surface area contributed by atoms with E-state index >= 15 is 0 Å². The van der Waals surface area contributed by atoms with Crippen LogP contribution in [-0.2, 0) is 28.7 Å². The van der Waals surface area contributed by atoms with Crippen LogP contribution in [0.5, 0.6) is 0 Å². The second-order valence-corrected chi connectivity index (χ2v) is 18.1. The predicted molar refractivity (Wildman–Crippen MR) is 255 cm³/mol. The summed E-state index contributed by atoms with van der Waals surface area (Å²) in [5.74, 6) is -1.60. The summed E-state index contributed by atoms with van der Waals surface area (Å²) in [7, 11) is 2.50. The van der Waals surface area contributed by atoms with Crippen LogP contribution >= 0.6 is 0 Å². The standard InChI is InChI=1S/C51H62N8O8/c1-31(2)44(55-50(64)66-5)48(62)57-28-8-11-42(57)46(60)53-37-19-13-34(14-20-37)40-25-26-41(59(40)39-23-17-33(18-24-39)36-10-7-27-52-30-36)35-15-21-38(22-16-35)54-47(61)43-12-9-29-58(43)49(63)45(32(3)4)56-51(65)67-6/h7,10,13-24,27,30-32,40-45H,8-9,11-12,25-26,28-29H2,1-6H3,(H,53,60)(H,54,61)(H,55,64)(H,56,65)/t40-,41-,42-,43-,44-,45-/m0/s1. The largest absolute Gasteiger partial charge is 0.453 e. The molecule has 0 bridgehead atoms. The molecule has 6 amide bonds. The number of ether oxygens (including phenoxy) is 2. The van der Waals surface area contributed by atoms with Gasteiger partial charge < -0.3 is 45.4 Å². The van der Waals surface area contributed by atoms with Crippen LogP contribution in [0.4, 0.5) is 26.7 Å². The van der Waals surface area contributed by atoms with Crippen LogP contribution in [0.25, 0.3) is 11.1 Å². The summed E-state index contributed by atoms with van der Waals surface area (Å²) in [4.78, 5) is 88.5. The first-order valence-corrected chi connectivity index (χ1v) is 23.2. The third-order valence-electron chi connectivity index (χ3n) is 13.1. The number of carbonyl (C=O) groups is 6. The van der Waals surface area contributed by atoms with E-state index in [-0.39, 0.29) is 47.5 Å². The maximum absolute atomic E-state index is 13.7. The van der Waals surface area contributed by atoms with E-state index in [1.165, 1.54) is 14.2 Å². The van der Waals surface area contributed by atoms with Gasteiger partial charge in [-0.15, -0.1) is 0 Å². The van der Waals surface area contributed by atoms with E-state index in [1.807, 2.05) is 94.6 Å².